The van der Waals surface area contributed by atoms with Crippen molar-refractivity contribution < 1.29 is 13.2 Å². The molecule has 2 unspecified atom stereocenters. The SMILES string of the molecule is CCNCCS(=O)(=O)N1CC(C)OC(C)C1. The number of nitrogens with one attached hydrogen (secondary N) is 1. The molecular weight excluding hydrogens is 228 g/mol. The van der Waals surface area contributed by atoms with Crippen molar-refractivity contribution in [3.63, 3.8) is 0 Å². The quantitative estimate of drug-likeness (QED) is 0.700. The van der Waals surface area contributed by atoms with Gasteiger partial charge in [-0.1, -0.05) is 6.92 Å². The summed E-state index contributed by atoms with van der Waals surface area (Å²) in [6.07, 6.45) is -0.0321. The molecule has 1 heterocycles. The molecule has 1 rings (SSSR count). The van der Waals surface area contributed by atoms with E-state index in [9.17, 15) is 8.42 Å². The second-order valence-electron chi connectivity index (χ2n) is 4.24. The molecule has 0 bridgehead atoms. The van der Waals surface area contributed by atoms with Crippen LogP contribution in [0.15, 0.2) is 0 Å². The molecule has 0 aromatic rings. The summed E-state index contributed by atoms with van der Waals surface area (Å²) < 4.78 is 31.0. The lowest BCUT2D eigenvalue weighted by atomic mass is 10.3. The van der Waals surface area contributed by atoms with Gasteiger partial charge in [-0.05, 0) is 20.4 Å². The molecule has 96 valence electrons. The lowest BCUT2D eigenvalue weighted by Crippen LogP contribution is -2.49. The van der Waals surface area contributed by atoms with E-state index in [1.807, 2.05) is 20.8 Å². The molecule has 0 amide bonds. The number of hydrogen-bond donors (Lipinski definition) is 1. The normalized spacial score (nSPS) is 28.2. The third-order valence-electron chi connectivity index (χ3n) is 2.57. The van der Waals surface area contributed by atoms with Crippen LogP contribution in [0, 0.1) is 0 Å². The van der Waals surface area contributed by atoms with Gasteiger partial charge in [0.25, 0.3) is 0 Å². The summed E-state index contributed by atoms with van der Waals surface area (Å²) >= 11 is 0. The molecule has 0 spiro atoms. The fourth-order valence-electron chi connectivity index (χ4n) is 1.86. The van der Waals surface area contributed by atoms with Crippen molar-refractivity contribution in [1.29, 1.82) is 0 Å². The van der Waals surface area contributed by atoms with E-state index < -0.39 is 10.0 Å². The standard InChI is InChI=1S/C10H22N2O3S/c1-4-11-5-6-16(13,14)12-7-9(2)15-10(3)8-12/h9-11H,4-8H2,1-3H3. The van der Waals surface area contributed by atoms with Gasteiger partial charge in [0.15, 0.2) is 0 Å². The second kappa shape index (κ2) is 5.95. The van der Waals surface area contributed by atoms with Crippen LogP contribution < -0.4 is 5.32 Å². The molecular formula is C10H22N2O3S. The van der Waals surface area contributed by atoms with E-state index in [0.29, 0.717) is 19.6 Å². The predicted molar refractivity (Wildman–Crippen MR) is 63.9 cm³/mol. The van der Waals surface area contributed by atoms with Crippen molar-refractivity contribution in [2.75, 3.05) is 31.9 Å². The minimum atomic E-state index is -3.13. The Morgan fingerprint density at radius 1 is 1.31 bits per heavy atom. The Labute approximate surface area is 98.2 Å². The van der Waals surface area contributed by atoms with Crippen molar-refractivity contribution in [2.24, 2.45) is 0 Å². The van der Waals surface area contributed by atoms with Gasteiger partial charge in [0.1, 0.15) is 0 Å². The van der Waals surface area contributed by atoms with Gasteiger partial charge in [0.05, 0.1) is 18.0 Å². The first-order valence-corrected chi connectivity index (χ1v) is 7.40. The number of hydrogen-bond acceptors (Lipinski definition) is 4. The molecule has 0 radical (unpaired) electrons. The highest BCUT2D eigenvalue weighted by Gasteiger charge is 2.30. The van der Waals surface area contributed by atoms with Crippen LogP contribution >= 0.6 is 0 Å². The van der Waals surface area contributed by atoms with Crippen LogP contribution in [0.3, 0.4) is 0 Å². The zero-order chi connectivity index (χ0) is 12.2. The Morgan fingerprint density at radius 2 is 1.88 bits per heavy atom. The van der Waals surface area contributed by atoms with Gasteiger partial charge in [0.2, 0.25) is 10.0 Å². The van der Waals surface area contributed by atoms with Crippen LogP contribution in [0.1, 0.15) is 20.8 Å². The largest absolute Gasteiger partial charge is 0.373 e. The first-order chi connectivity index (χ1) is 7.45. The summed E-state index contributed by atoms with van der Waals surface area (Å²) in [5.41, 5.74) is 0. The highest BCUT2D eigenvalue weighted by Crippen LogP contribution is 2.14. The van der Waals surface area contributed by atoms with E-state index in [1.54, 1.807) is 4.31 Å². The first-order valence-electron chi connectivity index (χ1n) is 5.79. The smallest absolute Gasteiger partial charge is 0.215 e. The summed E-state index contributed by atoms with van der Waals surface area (Å²) in [7, 11) is -3.13. The van der Waals surface area contributed by atoms with E-state index in [0.717, 1.165) is 6.54 Å². The van der Waals surface area contributed by atoms with Crippen LogP contribution in [-0.4, -0.2) is 56.9 Å². The fraction of sp³-hybridized carbons (Fsp3) is 1.00. The van der Waals surface area contributed by atoms with Gasteiger partial charge in [-0.25, -0.2) is 8.42 Å². The molecule has 6 heteroatoms. The van der Waals surface area contributed by atoms with Crippen LogP contribution in [-0.2, 0) is 14.8 Å². The zero-order valence-corrected chi connectivity index (χ0v) is 11.1. The van der Waals surface area contributed by atoms with Crippen molar-refractivity contribution >= 4 is 10.0 Å². The highest BCUT2D eigenvalue weighted by molar-refractivity contribution is 7.89. The molecule has 1 aliphatic heterocycles. The lowest BCUT2D eigenvalue weighted by Gasteiger charge is -2.34. The average molecular weight is 250 g/mol. The van der Waals surface area contributed by atoms with E-state index in [1.165, 1.54) is 0 Å². The minimum absolute atomic E-state index is 0.0161. The molecule has 2 atom stereocenters. The van der Waals surface area contributed by atoms with Crippen LogP contribution in [0.2, 0.25) is 0 Å². The van der Waals surface area contributed by atoms with Gasteiger partial charge in [-0.3, -0.25) is 0 Å². The molecule has 0 aliphatic carbocycles. The number of nitrogens with zero attached hydrogens (tertiary/aromatic N) is 1. The van der Waals surface area contributed by atoms with Crippen molar-refractivity contribution in [3.8, 4) is 0 Å². The summed E-state index contributed by atoms with van der Waals surface area (Å²) in [6.45, 7) is 8.03. The second-order valence-corrected chi connectivity index (χ2v) is 6.33. The summed E-state index contributed by atoms with van der Waals surface area (Å²) in [5, 5.41) is 3.03. The van der Waals surface area contributed by atoms with Gasteiger partial charge in [0, 0.05) is 19.6 Å². The number of sulfonamides is 1. The molecule has 1 fully saturated rings. The lowest BCUT2D eigenvalue weighted by molar-refractivity contribution is -0.0440. The number of morpholine rings is 1. The Bertz CT molecular complexity index is 295. The summed E-state index contributed by atoms with van der Waals surface area (Å²) in [6, 6.07) is 0. The van der Waals surface area contributed by atoms with Crippen LogP contribution in [0.5, 0.6) is 0 Å². The monoisotopic (exact) mass is 250 g/mol. The highest BCUT2D eigenvalue weighted by atomic mass is 32.2. The van der Waals surface area contributed by atoms with Gasteiger partial charge >= 0.3 is 0 Å². The average Bonchev–Trinajstić information content (AvgIpc) is 2.16. The van der Waals surface area contributed by atoms with Gasteiger partial charge in [-0.15, -0.1) is 0 Å². The Kier molecular flexibility index (Phi) is 5.17. The van der Waals surface area contributed by atoms with Crippen LogP contribution in [0.4, 0.5) is 0 Å². The third-order valence-corrected chi connectivity index (χ3v) is 4.37. The maximum atomic E-state index is 12.0. The maximum absolute atomic E-state index is 12.0. The van der Waals surface area contributed by atoms with E-state index >= 15 is 0 Å². The van der Waals surface area contributed by atoms with Gasteiger partial charge < -0.3 is 10.1 Å². The molecule has 0 saturated carbocycles. The topological polar surface area (TPSA) is 58.6 Å². The van der Waals surface area contributed by atoms with E-state index in [4.69, 9.17) is 4.74 Å². The fourth-order valence-corrected chi connectivity index (χ4v) is 3.40. The third kappa shape index (κ3) is 4.01. The van der Waals surface area contributed by atoms with Crippen molar-refractivity contribution in [1.82, 2.24) is 9.62 Å². The molecule has 16 heavy (non-hydrogen) atoms. The molecule has 0 aromatic carbocycles. The predicted octanol–water partition coefficient (Wildman–Crippen LogP) is 0.0349. The summed E-state index contributed by atoms with van der Waals surface area (Å²) in [4.78, 5) is 0. The molecule has 1 aliphatic rings. The molecule has 1 saturated heterocycles. The van der Waals surface area contributed by atoms with E-state index in [2.05, 4.69) is 5.32 Å². The molecule has 1 N–H and O–H groups in total. The summed E-state index contributed by atoms with van der Waals surface area (Å²) in [5.74, 6) is 0.167. The number of ether oxygens (including phenoxy) is 1. The number of rotatable bonds is 5. The Balaban J connectivity index is 2.53. The maximum Gasteiger partial charge on any atom is 0.215 e. The molecule has 5 nitrogen and oxygen atoms in total. The van der Waals surface area contributed by atoms with E-state index in [-0.39, 0.29) is 18.0 Å². The van der Waals surface area contributed by atoms with Crippen LogP contribution in [0.25, 0.3) is 0 Å². The Morgan fingerprint density at radius 3 is 2.38 bits per heavy atom. The Hall–Kier alpha value is -0.170. The zero-order valence-electron chi connectivity index (χ0n) is 10.3. The van der Waals surface area contributed by atoms with Crippen molar-refractivity contribution in [2.45, 2.75) is 33.0 Å². The van der Waals surface area contributed by atoms with Crippen molar-refractivity contribution in [3.05, 3.63) is 0 Å². The first kappa shape index (κ1) is 13.9. The molecule has 0 aromatic heterocycles. The minimum Gasteiger partial charge on any atom is -0.373 e. The van der Waals surface area contributed by atoms with Gasteiger partial charge in [-0.2, -0.15) is 4.31 Å².